The SMILES string of the molecule is C=C1C=C(c2ccc(-c3ccc4nc5c(-c6ccc7ccccc7c6)c6ccccc6c(-c6ccc7ccccc7c6)c5n4c3)cc2)N(c2ccccc2)c2ccccc21. The lowest BCUT2D eigenvalue weighted by atomic mass is 9.89. The summed E-state index contributed by atoms with van der Waals surface area (Å²) in [6.07, 6.45) is 4.48. The molecule has 0 atom stereocenters. The van der Waals surface area contributed by atoms with Gasteiger partial charge in [0.2, 0.25) is 0 Å². The molecule has 0 aliphatic carbocycles. The molecule has 9 aromatic carbocycles. The average molecular weight is 764 g/mol. The third-order valence-electron chi connectivity index (χ3n) is 12.2. The lowest BCUT2D eigenvalue weighted by Gasteiger charge is -2.33. The van der Waals surface area contributed by atoms with Crippen LogP contribution in [0.2, 0.25) is 0 Å². The number of hydrogen-bond acceptors (Lipinski definition) is 2. The molecule has 3 nitrogen and oxygen atoms in total. The fourth-order valence-electron chi connectivity index (χ4n) is 9.36. The van der Waals surface area contributed by atoms with Gasteiger partial charge in [-0.25, -0.2) is 4.98 Å². The van der Waals surface area contributed by atoms with Gasteiger partial charge in [0.1, 0.15) is 5.65 Å². The van der Waals surface area contributed by atoms with E-state index in [-0.39, 0.29) is 0 Å². The number of anilines is 2. The van der Waals surface area contributed by atoms with Crippen LogP contribution >= 0.6 is 0 Å². The molecule has 0 amide bonds. The van der Waals surface area contributed by atoms with Crippen molar-refractivity contribution in [2.24, 2.45) is 0 Å². The van der Waals surface area contributed by atoms with Gasteiger partial charge >= 0.3 is 0 Å². The molecule has 0 radical (unpaired) electrons. The predicted octanol–water partition coefficient (Wildman–Crippen LogP) is 15.2. The molecule has 3 heterocycles. The zero-order valence-electron chi connectivity index (χ0n) is 32.8. The number of pyridine rings is 1. The number of aromatic nitrogens is 2. The van der Waals surface area contributed by atoms with Crippen molar-refractivity contribution in [1.29, 1.82) is 0 Å². The van der Waals surface area contributed by atoms with E-state index in [9.17, 15) is 0 Å². The minimum absolute atomic E-state index is 0.910. The maximum Gasteiger partial charge on any atom is 0.137 e. The van der Waals surface area contributed by atoms with Crippen LogP contribution in [0.3, 0.4) is 0 Å². The molecule has 60 heavy (non-hydrogen) atoms. The molecule has 1 aliphatic rings. The first-order valence-electron chi connectivity index (χ1n) is 20.5. The molecular weight excluding hydrogens is 727 g/mol. The van der Waals surface area contributed by atoms with Crippen molar-refractivity contribution in [1.82, 2.24) is 9.38 Å². The molecule has 0 fully saturated rings. The van der Waals surface area contributed by atoms with Gasteiger partial charge in [-0.15, -0.1) is 0 Å². The van der Waals surface area contributed by atoms with Gasteiger partial charge < -0.3 is 4.90 Å². The quantitative estimate of drug-likeness (QED) is 0.174. The van der Waals surface area contributed by atoms with Crippen molar-refractivity contribution in [2.45, 2.75) is 0 Å². The standard InChI is InChI=1S/C57H37N3/c1-37-33-52(60(47-17-3-2-4-18-47)51-22-12-11-19-48(37)51)41-27-23-40(24-28-41)46-31-32-53-58-56-54(44-29-25-38-13-5-7-15-42(38)34-44)49-20-9-10-21-50(49)55(57(56)59(53)36-46)45-30-26-39-14-6-8-16-43(39)35-45/h2-36H,1H2. The van der Waals surface area contributed by atoms with Gasteiger partial charge in [-0.1, -0.05) is 164 Å². The third-order valence-corrected chi connectivity index (χ3v) is 12.2. The summed E-state index contributed by atoms with van der Waals surface area (Å²) in [5.74, 6) is 0. The van der Waals surface area contributed by atoms with Crippen LogP contribution in [-0.2, 0) is 0 Å². The number of fused-ring (bicyclic) bond motifs is 7. The van der Waals surface area contributed by atoms with E-state index in [2.05, 4.69) is 228 Å². The van der Waals surface area contributed by atoms with Crippen LogP contribution in [0.5, 0.6) is 0 Å². The molecule has 0 N–H and O–H groups in total. The predicted molar refractivity (Wildman–Crippen MR) is 254 cm³/mol. The summed E-state index contributed by atoms with van der Waals surface area (Å²) < 4.78 is 2.32. The highest BCUT2D eigenvalue weighted by molar-refractivity contribution is 6.21. The Morgan fingerprint density at radius 3 is 1.70 bits per heavy atom. The molecule has 3 heteroatoms. The van der Waals surface area contributed by atoms with E-state index >= 15 is 0 Å². The molecule has 0 saturated heterocycles. The van der Waals surface area contributed by atoms with Crippen molar-refractivity contribution < 1.29 is 0 Å². The van der Waals surface area contributed by atoms with Crippen LogP contribution in [0.25, 0.3) is 93.6 Å². The summed E-state index contributed by atoms with van der Waals surface area (Å²) in [6, 6.07) is 72.1. The Kier molecular flexibility index (Phi) is 7.69. The summed E-state index contributed by atoms with van der Waals surface area (Å²) in [7, 11) is 0. The lowest BCUT2D eigenvalue weighted by Crippen LogP contribution is -2.19. The minimum Gasteiger partial charge on any atom is -0.309 e. The van der Waals surface area contributed by atoms with Gasteiger partial charge in [0.25, 0.3) is 0 Å². The molecule has 0 unspecified atom stereocenters. The van der Waals surface area contributed by atoms with Gasteiger partial charge in [-0.2, -0.15) is 0 Å². The highest BCUT2D eigenvalue weighted by Crippen LogP contribution is 2.46. The van der Waals surface area contributed by atoms with E-state index in [0.29, 0.717) is 0 Å². The highest BCUT2D eigenvalue weighted by Gasteiger charge is 2.25. The number of hydrogen-bond donors (Lipinski definition) is 0. The van der Waals surface area contributed by atoms with E-state index in [1.165, 1.54) is 43.4 Å². The van der Waals surface area contributed by atoms with Crippen molar-refractivity contribution in [2.75, 3.05) is 4.90 Å². The number of nitrogens with zero attached hydrogens (tertiary/aromatic N) is 3. The molecule has 1 aliphatic heterocycles. The molecule has 2 aromatic heterocycles. The number of rotatable bonds is 5. The van der Waals surface area contributed by atoms with Crippen LogP contribution < -0.4 is 4.90 Å². The summed E-state index contributed by atoms with van der Waals surface area (Å²) in [5, 5.41) is 7.27. The molecule has 11 aromatic rings. The van der Waals surface area contributed by atoms with Crippen LogP contribution in [0, 0.1) is 0 Å². The van der Waals surface area contributed by atoms with Crippen molar-refractivity contribution in [3.63, 3.8) is 0 Å². The maximum absolute atomic E-state index is 5.48. The van der Waals surface area contributed by atoms with E-state index in [0.717, 1.165) is 72.7 Å². The van der Waals surface area contributed by atoms with E-state index < -0.39 is 0 Å². The van der Waals surface area contributed by atoms with Gasteiger partial charge in [0, 0.05) is 28.6 Å². The average Bonchev–Trinajstić information content (AvgIpc) is 3.69. The Bertz CT molecular complexity index is 3560. The van der Waals surface area contributed by atoms with Crippen molar-refractivity contribution in [3.8, 4) is 33.4 Å². The van der Waals surface area contributed by atoms with E-state index in [4.69, 9.17) is 4.98 Å². The smallest absolute Gasteiger partial charge is 0.137 e. The number of benzene rings is 9. The van der Waals surface area contributed by atoms with Crippen LogP contribution in [0.4, 0.5) is 11.4 Å². The largest absolute Gasteiger partial charge is 0.309 e. The van der Waals surface area contributed by atoms with Crippen molar-refractivity contribution >= 4 is 71.6 Å². The van der Waals surface area contributed by atoms with E-state index in [1.54, 1.807) is 0 Å². The third kappa shape index (κ3) is 5.40. The second kappa shape index (κ2) is 13.5. The number of allylic oxidation sites excluding steroid dienone is 2. The molecule has 12 rings (SSSR count). The summed E-state index contributed by atoms with van der Waals surface area (Å²) in [5.41, 5.74) is 16.5. The minimum atomic E-state index is 0.910. The normalized spacial score (nSPS) is 12.8. The number of para-hydroxylation sites is 2. The summed E-state index contributed by atoms with van der Waals surface area (Å²) in [6.45, 7) is 4.46. The number of imidazole rings is 1. The summed E-state index contributed by atoms with van der Waals surface area (Å²) >= 11 is 0. The first kappa shape index (κ1) is 34.1. The fraction of sp³-hybridized carbons (Fsp3) is 0. The van der Waals surface area contributed by atoms with Crippen molar-refractivity contribution in [3.05, 3.63) is 230 Å². The maximum atomic E-state index is 5.48. The molecule has 0 saturated carbocycles. The Labute approximate surface area is 348 Å². The highest BCUT2D eigenvalue weighted by atomic mass is 15.2. The Balaban J connectivity index is 1.06. The molecule has 0 spiro atoms. The van der Waals surface area contributed by atoms with Gasteiger partial charge in [-0.3, -0.25) is 4.40 Å². The Hall–Kier alpha value is -8.01. The fourth-order valence-corrected chi connectivity index (χ4v) is 9.36. The molecule has 280 valence electrons. The van der Waals surface area contributed by atoms with E-state index in [1.807, 2.05) is 0 Å². The Morgan fingerprint density at radius 2 is 0.983 bits per heavy atom. The zero-order chi connectivity index (χ0) is 39.7. The lowest BCUT2D eigenvalue weighted by molar-refractivity contribution is 1.23. The first-order valence-corrected chi connectivity index (χ1v) is 20.5. The zero-order valence-corrected chi connectivity index (χ0v) is 32.8. The Morgan fingerprint density at radius 1 is 0.433 bits per heavy atom. The second-order valence-corrected chi connectivity index (χ2v) is 15.7. The van der Waals surface area contributed by atoms with Gasteiger partial charge in [-0.05, 0) is 114 Å². The van der Waals surface area contributed by atoms with Crippen LogP contribution in [0.1, 0.15) is 11.1 Å². The topological polar surface area (TPSA) is 20.5 Å². The molecule has 0 bridgehead atoms. The first-order chi connectivity index (χ1) is 29.7. The van der Waals surface area contributed by atoms with Crippen LogP contribution in [-0.4, -0.2) is 9.38 Å². The van der Waals surface area contributed by atoms with Gasteiger partial charge in [0.05, 0.1) is 22.4 Å². The summed E-state index contributed by atoms with van der Waals surface area (Å²) in [4.78, 5) is 7.83. The molecular formula is C57H37N3. The monoisotopic (exact) mass is 763 g/mol. The van der Waals surface area contributed by atoms with Gasteiger partial charge in [0.15, 0.2) is 0 Å². The second-order valence-electron chi connectivity index (χ2n) is 15.7. The van der Waals surface area contributed by atoms with Crippen LogP contribution in [0.15, 0.2) is 219 Å².